The van der Waals surface area contributed by atoms with Crippen molar-refractivity contribution in [2.24, 2.45) is 0 Å². The molecule has 0 fully saturated rings. The standard InChI is InChI=1S/C70H42N4/c71-43-45-37-38-65(73-63-35-19-15-31-52(63)56-39-54-50-29-13-17-33-59(50)69(61(54)41-66(56)73,46-21-5-1-6-22-46)47-23-7-2-8-24-47)58(44-72)68(45)74-64-36-20-16-32-53(64)57-40-55-51-30-14-18-34-60(51)70(62(55)42-67(57)74,48-25-9-3-10-26-48)49-27-11-4-12-28-49/h1-42H. The molecule has 2 heterocycles. The molecule has 0 atom stereocenters. The Bertz CT molecular complexity index is 4470. The van der Waals surface area contributed by atoms with Gasteiger partial charge in [-0.05, 0) is 115 Å². The maximum Gasteiger partial charge on any atom is 0.104 e. The van der Waals surface area contributed by atoms with E-state index in [2.05, 4.69) is 264 Å². The van der Waals surface area contributed by atoms with Crippen LogP contribution < -0.4 is 0 Å². The van der Waals surface area contributed by atoms with Gasteiger partial charge in [-0.25, -0.2) is 0 Å². The van der Waals surface area contributed by atoms with Gasteiger partial charge in [0.25, 0.3) is 0 Å². The van der Waals surface area contributed by atoms with Gasteiger partial charge in [-0.3, -0.25) is 0 Å². The average Bonchev–Trinajstić information content (AvgIpc) is 4.28. The molecule has 11 aromatic carbocycles. The fourth-order valence-corrected chi connectivity index (χ4v) is 13.5. The molecule has 2 aliphatic carbocycles. The molecular formula is C70H42N4. The third-order valence-electron chi connectivity index (χ3n) is 16.4. The summed E-state index contributed by atoms with van der Waals surface area (Å²) in [6.07, 6.45) is 0. The van der Waals surface area contributed by atoms with Gasteiger partial charge in [-0.15, -0.1) is 0 Å². The van der Waals surface area contributed by atoms with Gasteiger partial charge in [0.1, 0.15) is 17.7 Å². The summed E-state index contributed by atoms with van der Waals surface area (Å²) in [5, 5.41) is 27.5. The number of fused-ring (bicyclic) bond motifs is 12. The van der Waals surface area contributed by atoms with Crippen molar-refractivity contribution in [1.29, 1.82) is 10.5 Å². The number of benzene rings is 11. The molecule has 0 unspecified atom stereocenters. The van der Waals surface area contributed by atoms with E-state index in [4.69, 9.17) is 0 Å². The minimum absolute atomic E-state index is 0.414. The average molecular weight is 939 g/mol. The zero-order chi connectivity index (χ0) is 49.1. The van der Waals surface area contributed by atoms with E-state index in [9.17, 15) is 10.5 Å². The van der Waals surface area contributed by atoms with E-state index in [-0.39, 0.29) is 0 Å². The van der Waals surface area contributed by atoms with Gasteiger partial charge in [0.2, 0.25) is 0 Å². The molecule has 0 bridgehead atoms. The Hall–Kier alpha value is -10.0. The Morgan fingerprint density at radius 1 is 0.297 bits per heavy atom. The number of rotatable bonds is 6. The normalized spacial score (nSPS) is 13.6. The molecule has 0 radical (unpaired) electrons. The molecule has 4 nitrogen and oxygen atoms in total. The minimum atomic E-state index is -0.653. The van der Waals surface area contributed by atoms with Crippen LogP contribution in [0.3, 0.4) is 0 Å². The molecule has 74 heavy (non-hydrogen) atoms. The second-order valence-electron chi connectivity index (χ2n) is 19.7. The summed E-state index contributed by atoms with van der Waals surface area (Å²) in [6, 6.07) is 96.7. The van der Waals surface area contributed by atoms with Gasteiger partial charge in [-0.2, -0.15) is 10.5 Å². The van der Waals surface area contributed by atoms with Gasteiger partial charge in [0.05, 0.1) is 49.8 Å². The summed E-state index contributed by atoms with van der Waals surface area (Å²) in [6.45, 7) is 0. The van der Waals surface area contributed by atoms with Crippen LogP contribution in [0.1, 0.15) is 55.6 Å². The lowest BCUT2D eigenvalue weighted by atomic mass is 9.67. The van der Waals surface area contributed by atoms with Crippen LogP contribution in [0.5, 0.6) is 0 Å². The number of nitriles is 2. The molecule has 0 saturated heterocycles. The van der Waals surface area contributed by atoms with Gasteiger partial charge < -0.3 is 9.13 Å². The zero-order valence-electron chi connectivity index (χ0n) is 40.0. The van der Waals surface area contributed by atoms with E-state index in [0.29, 0.717) is 22.5 Å². The molecule has 2 aliphatic rings. The van der Waals surface area contributed by atoms with Crippen molar-refractivity contribution in [3.63, 3.8) is 0 Å². The van der Waals surface area contributed by atoms with Crippen LogP contribution in [-0.2, 0) is 10.8 Å². The maximum absolute atomic E-state index is 11.9. The molecular weight excluding hydrogens is 897 g/mol. The first kappa shape index (κ1) is 41.8. The Morgan fingerprint density at radius 2 is 0.689 bits per heavy atom. The Balaban J connectivity index is 1.05. The monoisotopic (exact) mass is 938 g/mol. The zero-order valence-corrected chi connectivity index (χ0v) is 40.0. The molecule has 4 heteroatoms. The third-order valence-corrected chi connectivity index (χ3v) is 16.4. The first-order valence-corrected chi connectivity index (χ1v) is 25.2. The summed E-state index contributed by atoms with van der Waals surface area (Å²) in [7, 11) is 0. The van der Waals surface area contributed by atoms with Crippen LogP contribution in [0.25, 0.3) is 77.2 Å². The van der Waals surface area contributed by atoms with E-state index in [1.165, 1.54) is 61.2 Å². The van der Waals surface area contributed by atoms with Crippen LogP contribution >= 0.6 is 0 Å². The summed E-state index contributed by atoms with van der Waals surface area (Å²) in [4.78, 5) is 0. The highest BCUT2D eigenvalue weighted by Gasteiger charge is 2.48. The van der Waals surface area contributed by atoms with Crippen molar-refractivity contribution in [1.82, 2.24) is 9.13 Å². The summed E-state index contributed by atoms with van der Waals surface area (Å²) >= 11 is 0. The van der Waals surface area contributed by atoms with Crippen molar-refractivity contribution in [3.05, 3.63) is 310 Å². The van der Waals surface area contributed by atoms with E-state index in [0.717, 1.165) is 49.2 Å². The van der Waals surface area contributed by atoms with Crippen molar-refractivity contribution < 1.29 is 0 Å². The van der Waals surface area contributed by atoms with E-state index in [1.54, 1.807) is 0 Å². The topological polar surface area (TPSA) is 57.4 Å². The lowest BCUT2D eigenvalue weighted by molar-refractivity contribution is 0.769. The molecule has 0 amide bonds. The number of aromatic nitrogens is 2. The number of hydrogen-bond acceptors (Lipinski definition) is 2. The molecule has 0 aliphatic heterocycles. The quantitative estimate of drug-likeness (QED) is 0.167. The Labute approximate surface area is 428 Å². The molecule has 0 spiro atoms. The van der Waals surface area contributed by atoms with Crippen LogP contribution in [0.15, 0.2) is 255 Å². The highest BCUT2D eigenvalue weighted by atomic mass is 15.0. The highest BCUT2D eigenvalue weighted by Crippen LogP contribution is 2.59. The van der Waals surface area contributed by atoms with Gasteiger partial charge in [0, 0.05) is 21.5 Å². The Kier molecular flexibility index (Phi) is 8.89. The number of hydrogen-bond donors (Lipinski definition) is 0. The van der Waals surface area contributed by atoms with Crippen molar-refractivity contribution in [3.8, 4) is 45.8 Å². The maximum atomic E-state index is 11.9. The van der Waals surface area contributed by atoms with Crippen molar-refractivity contribution in [2.75, 3.05) is 0 Å². The minimum Gasteiger partial charge on any atom is -0.308 e. The van der Waals surface area contributed by atoms with Crippen molar-refractivity contribution >= 4 is 43.6 Å². The lowest BCUT2D eigenvalue weighted by Gasteiger charge is -2.34. The summed E-state index contributed by atoms with van der Waals surface area (Å²) in [5.41, 5.74) is 18.8. The molecule has 15 rings (SSSR count). The largest absolute Gasteiger partial charge is 0.308 e. The molecule has 0 N–H and O–H groups in total. The number of para-hydroxylation sites is 2. The number of nitrogens with zero attached hydrogens (tertiary/aromatic N) is 4. The van der Waals surface area contributed by atoms with Crippen molar-refractivity contribution in [2.45, 2.75) is 10.8 Å². The first-order chi connectivity index (χ1) is 36.7. The first-order valence-electron chi connectivity index (χ1n) is 25.2. The molecule has 0 saturated carbocycles. The third kappa shape index (κ3) is 5.38. The fraction of sp³-hybridized carbons (Fsp3) is 0.0286. The van der Waals surface area contributed by atoms with Gasteiger partial charge >= 0.3 is 0 Å². The second-order valence-corrected chi connectivity index (χ2v) is 19.7. The summed E-state index contributed by atoms with van der Waals surface area (Å²) < 4.78 is 4.48. The lowest BCUT2D eigenvalue weighted by Crippen LogP contribution is -2.28. The van der Waals surface area contributed by atoms with E-state index < -0.39 is 10.8 Å². The molecule has 342 valence electrons. The molecule has 13 aromatic rings. The second kappa shape index (κ2) is 15.7. The predicted octanol–water partition coefficient (Wildman–Crippen LogP) is 16.4. The van der Waals surface area contributed by atoms with E-state index in [1.807, 2.05) is 12.1 Å². The highest BCUT2D eigenvalue weighted by molar-refractivity contribution is 6.14. The van der Waals surface area contributed by atoms with E-state index >= 15 is 0 Å². The van der Waals surface area contributed by atoms with Gasteiger partial charge in [-0.1, -0.05) is 206 Å². The van der Waals surface area contributed by atoms with Crippen LogP contribution in [0, 0.1) is 22.7 Å². The van der Waals surface area contributed by atoms with Crippen LogP contribution in [0.4, 0.5) is 0 Å². The van der Waals surface area contributed by atoms with Crippen LogP contribution in [-0.4, -0.2) is 9.13 Å². The smallest absolute Gasteiger partial charge is 0.104 e. The Morgan fingerprint density at radius 3 is 1.14 bits per heavy atom. The fourth-order valence-electron chi connectivity index (χ4n) is 13.5. The summed E-state index contributed by atoms with van der Waals surface area (Å²) in [5.74, 6) is 0. The van der Waals surface area contributed by atoms with Gasteiger partial charge in [0.15, 0.2) is 0 Å². The predicted molar refractivity (Wildman–Crippen MR) is 299 cm³/mol. The molecule has 2 aromatic heterocycles. The SMILES string of the molecule is N#Cc1ccc(-n2c3ccccc3c3cc4c(cc32)C(c2ccccc2)(c2ccccc2)c2ccccc2-4)c(C#N)c1-n1c2ccccc2c2cc3c(cc21)C(c1ccccc1)(c1ccccc1)c1ccccc1-3. The van der Waals surface area contributed by atoms with Crippen LogP contribution in [0.2, 0.25) is 0 Å².